The number of rotatable bonds is 4. The van der Waals surface area contributed by atoms with E-state index in [0.717, 1.165) is 80.0 Å². The molecule has 3 aromatic heterocycles. The first-order valence-electron chi connectivity index (χ1n) is 10.4. The lowest BCUT2D eigenvalue weighted by molar-refractivity contribution is 0.788. The summed E-state index contributed by atoms with van der Waals surface area (Å²) in [7, 11) is 0. The first-order chi connectivity index (χ1) is 14.3. The highest BCUT2D eigenvalue weighted by Crippen LogP contribution is 2.32. The Kier molecular flexibility index (Phi) is 5.10. The topological polar surface area (TPSA) is 70.9 Å². The first-order valence-corrected chi connectivity index (χ1v) is 11.2. The molecule has 2 aliphatic rings. The summed E-state index contributed by atoms with van der Waals surface area (Å²) in [4.78, 5) is 23.6. The summed E-state index contributed by atoms with van der Waals surface area (Å²) in [6.07, 6.45) is 8.89. The van der Waals surface area contributed by atoms with E-state index in [0.29, 0.717) is 0 Å². The van der Waals surface area contributed by atoms with Crippen molar-refractivity contribution < 1.29 is 0 Å². The maximum atomic E-state index is 5.04. The van der Waals surface area contributed by atoms with Crippen LogP contribution in [0.15, 0.2) is 24.5 Å². The molecule has 1 saturated heterocycles. The summed E-state index contributed by atoms with van der Waals surface area (Å²) < 4.78 is 4.46. The van der Waals surface area contributed by atoms with Gasteiger partial charge in [0.15, 0.2) is 5.82 Å². The lowest BCUT2D eigenvalue weighted by atomic mass is 10.2. The Morgan fingerprint density at radius 2 is 1.76 bits per heavy atom. The van der Waals surface area contributed by atoms with Crippen molar-refractivity contribution >= 4 is 22.5 Å². The van der Waals surface area contributed by atoms with E-state index in [1.807, 2.05) is 24.5 Å². The molecule has 7 nitrogen and oxygen atoms in total. The molecule has 0 radical (unpaired) electrons. The van der Waals surface area contributed by atoms with E-state index in [2.05, 4.69) is 31.1 Å². The summed E-state index contributed by atoms with van der Waals surface area (Å²) in [5.74, 6) is 2.90. The molecule has 0 amide bonds. The second kappa shape index (κ2) is 8.02. The minimum absolute atomic E-state index is 0.820. The Morgan fingerprint density at radius 3 is 2.59 bits per heavy atom. The van der Waals surface area contributed by atoms with Gasteiger partial charge in [-0.25, -0.2) is 15.0 Å². The molecule has 0 unspecified atom stereocenters. The van der Waals surface area contributed by atoms with Gasteiger partial charge in [-0.15, -0.1) is 0 Å². The van der Waals surface area contributed by atoms with Crippen LogP contribution in [0.4, 0.5) is 10.9 Å². The molecule has 4 heterocycles. The molecule has 0 aromatic carbocycles. The van der Waals surface area contributed by atoms with Crippen molar-refractivity contribution in [3.63, 3.8) is 0 Å². The second-order valence-electron chi connectivity index (χ2n) is 7.56. The van der Waals surface area contributed by atoms with Crippen LogP contribution in [0.3, 0.4) is 0 Å². The molecule has 0 bridgehead atoms. The zero-order valence-corrected chi connectivity index (χ0v) is 17.5. The SMILES string of the molecule is CCc1nsc(N2CCCN(c3nc(-c4ccncc4)nc4c3CCC4)CC2)n1. The molecule has 5 rings (SSSR count). The summed E-state index contributed by atoms with van der Waals surface area (Å²) in [5, 5.41) is 1.05. The van der Waals surface area contributed by atoms with Crippen LogP contribution in [0.1, 0.15) is 36.8 Å². The van der Waals surface area contributed by atoms with E-state index in [9.17, 15) is 0 Å². The molecule has 0 N–H and O–H groups in total. The number of nitrogens with zero attached hydrogens (tertiary/aromatic N) is 7. The van der Waals surface area contributed by atoms with Gasteiger partial charge in [0.2, 0.25) is 5.13 Å². The maximum Gasteiger partial charge on any atom is 0.205 e. The van der Waals surface area contributed by atoms with Crippen LogP contribution >= 0.6 is 11.5 Å². The third kappa shape index (κ3) is 3.69. The Hall–Kier alpha value is -2.61. The molecule has 0 saturated carbocycles. The van der Waals surface area contributed by atoms with Crippen LogP contribution < -0.4 is 9.80 Å². The highest BCUT2D eigenvalue weighted by atomic mass is 32.1. The predicted octanol–water partition coefficient (Wildman–Crippen LogP) is 3.16. The average Bonchev–Trinajstić information content (AvgIpc) is 3.38. The van der Waals surface area contributed by atoms with Crippen molar-refractivity contribution in [2.75, 3.05) is 36.0 Å². The van der Waals surface area contributed by atoms with Gasteiger partial charge in [-0.1, -0.05) is 6.92 Å². The fourth-order valence-electron chi connectivity index (χ4n) is 4.14. The molecule has 1 aliphatic heterocycles. The largest absolute Gasteiger partial charge is 0.354 e. The molecule has 29 heavy (non-hydrogen) atoms. The molecular formula is C21H25N7S. The van der Waals surface area contributed by atoms with Crippen molar-refractivity contribution in [1.29, 1.82) is 0 Å². The lowest BCUT2D eigenvalue weighted by Crippen LogP contribution is -2.32. The fourth-order valence-corrected chi connectivity index (χ4v) is 4.94. The second-order valence-corrected chi connectivity index (χ2v) is 8.29. The number of fused-ring (bicyclic) bond motifs is 1. The van der Waals surface area contributed by atoms with Crippen molar-refractivity contribution in [3.05, 3.63) is 41.6 Å². The van der Waals surface area contributed by atoms with Crippen LogP contribution in [-0.4, -0.2) is 50.5 Å². The molecule has 0 spiro atoms. The van der Waals surface area contributed by atoms with Crippen molar-refractivity contribution in [2.24, 2.45) is 0 Å². The third-order valence-electron chi connectivity index (χ3n) is 5.69. The van der Waals surface area contributed by atoms with Gasteiger partial charge in [-0.05, 0) is 37.8 Å². The van der Waals surface area contributed by atoms with E-state index in [-0.39, 0.29) is 0 Å². The Labute approximate surface area is 175 Å². The third-order valence-corrected chi connectivity index (χ3v) is 6.50. The Balaban J connectivity index is 1.42. The quantitative estimate of drug-likeness (QED) is 0.658. The van der Waals surface area contributed by atoms with Gasteiger partial charge in [0, 0.05) is 73.3 Å². The molecule has 1 aliphatic carbocycles. The van der Waals surface area contributed by atoms with Crippen molar-refractivity contribution in [3.8, 4) is 11.4 Å². The molecule has 8 heteroatoms. The smallest absolute Gasteiger partial charge is 0.205 e. The van der Waals surface area contributed by atoms with Gasteiger partial charge >= 0.3 is 0 Å². The van der Waals surface area contributed by atoms with Crippen LogP contribution in [0.25, 0.3) is 11.4 Å². The average molecular weight is 408 g/mol. The predicted molar refractivity (Wildman–Crippen MR) is 116 cm³/mol. The van der Waals surface area contributed by atoms with Gasteiger partial charge in [0.05, 0.1) is 0 Å². The van der Waals surface area contributed by atoms with E-state index in [1.54, 1.807) is 0 Å². The normalized spacial score (nSPS) is 16.7. The van der Waals surface area contributed by atoms with Crippen molar-refractivity contribution in [2.45, 2.75) is 39.0 Å². The maximum absolute atomic E-state index is 5.04. The number of pyridine rings is 1. The summed E-state index contributed by atoms with van der Waals surface area (Å²) in [5.41, 5.74) is 3.61. The van der Waals surface area contributed by atoms with Crippen LogP contribution in [0, 0.1) is 0 Å². The highest BCUT2D eigenvalue weighted by molar-refractivity contribution is 7.09. The number of aromatic nitrogens is 5. The number of aryl methyl sites for hydroxylation is 2. The van der Waals surface area contributed by atoms with Crippen molar-refractivity contribution in [1.82, 2.24) is 24.3 Å². The molecule has 3 aromatic rings. The van der Waals surface area contributed by atoms with E-state index in [1.165, 1.54) is 29.2 Å². The zero-order valence-electron chi connectivity index (χ0n) is 16.7. The van der Waals surface area contributed by atoms with Crippen LogP contribution in [0.5, 0.6) is 0 Å². The van der Waals surface area contributed by atoms with Gasteiger partial charge in [0.25, 0.3) is 0 Å². The first kappa shape index (κ1) is 18.4. The molecule has 1 fully saturated rings. The molecular weight excluding hydrogens is 382 g/mol. The van der Waals surface area contributed by atoms with Gasteiger partial charge in [0.1, 0.15) is 11.6 Å². The van der Waals surface area contributed by atoms with Crippen LogP contribution in [-0.2, 0) is 19.3 Å². The zero-order chi connectivity index (χ0) is 19.6. The summed E-state index contributed by atoms with van der Waals surface area (Å²) in [6.45, 7) is 6.02. The number of hydrogen-bond donors (Lipinski definition) is 0. The highest BCUT2D eigenvalue weighted by Gasteiger charge is 2.25. The number of anilines is 2. The minimum Gasteiger partial charge on any atom is -0.354 e. The van der Waals surface area contributed by atoms with E-state index >= 15 is 0 Å². The summed E-state index contributed by atoms with van der Waals surface area (Å²) >= 11 is 1.52. The van der Waals surface area contributed by atoms with E-state index < -0.39 is 0 Å². The lowest BCUT2D eigenvalue weighted by Gasteiger charge is -2.25. The molecule has 150 valence electrons. The standard InChI is InChI=1S/C21H25N7S/c1-2-18-24-21(29-26-18)28-12-4-11-27(13-14-28)20-16-5-3-6-17(16)23-19(25-20)15-7-9-22-10-8-15/h7-10H,2-6,11-14H2,1H3. The van der Waals surface area contributed by atoms with Crippen LogP contribution in [0.2, 0.25) is 0 Å². The van der Waals surface area contributed by atoms with Gasteiger partial charge in [-0.3, -0.25) is 4.98 Å². The minimum atomic E-state index is 0.820. The van der Waals surface area contributed by atoms with E-state index in [4.69, 9.17) is 9.97 Å². The number of hydrogen-bond acceptors (Lipinski definition) is 8. The summed E-state index contributed by atoms with van der Waals surface area (Å²) in [6, 6.07) is 3.98. The van der Waals surface area contributed by atoms with Gasteiger partial charge in [-0.2, -0.15) is 4.37 Å². The van der Waals surface area contributed by atoms with Gasteiger partial charge < -0.3 is 9.80 Å². The Morgan fingerprint density at radius 1 is 0.931 bits per heavy atom. The molecule has 0 atom stereocenters. The fraction of sp³-hybridized carbons (Fsp3) is 0.476. The Bertz CT molecular complexity index is 988. The monoisotopic (exact) mass is 407 g/mol.